The summed E-state index contributed by atoms with van der Waals surface area (Å²) in [6.45, 7) is 3.01. The molecule has 1 amide bonds. The van der Waals surface area contributed by atoms with Crippen LogP contribution in [0.15, 0.2) is 17.5 Å². The van der Waals surface area contributed by atoms with Crippen LogP contribution in [-0.4, -0.2) is 72.2 Å². The van der Waals surface area contributed by atoms with Gasteiger partial charge in [0, 0.05) is 30.4 Å². The largest absolute Gasteiger partial charge is 0.480 e. The molecular formula is C15H20N2O4S. The second kappa shape index (κ2) is 6.76. The second-order valence-electron chi connectivity index (χ2n) is 5.95. The quantitative estimate of drug-likeness (QED) is 0.875. The van der Waals surface area contributed by atoms with Gasteiger partial charge in [-0.2, -0.15) is 0 Å². The number of carbonyl (C=O) groups excluding carboxylic acids is 1. The Labute approximate surface area is 133 Å². The fraction of sp³-hybridized carbons (Fsp3) is 0.600. The molecule has 1 N–H and O–H groups in total. The fourth-order valence-electron chi connectivity index (χ4n) is 3.23. The van der Waals surface area contributed by atoms with Crippen LogP contribution >= 0.6 is 11.3 Å². The second-order valence-corrected chi connectivity index (χ2v) is 6.98. The third kappa shape index (κ3) is 3.66. The topological polar surface area (TPSA) is 70.1 Å². The first-order chi connectivity index (χ1) is 10.6. The summed E-state index contributed by atoms with van der Waals surface area (Å²) in [7, 11) is 0. The molecule has 0 spiro atoms. The van der Waals surface area contributed by atoms with Crippen molar-refractivity contribution >= 4 is 23.2 Å². The van der Waals surface area contributed by atoms with Gasteiger partial charge >= 0.3 is 5.97 Å². The summed E-state index contributed by atoms with van der Waals surface area (Å²) in [5.41, 5.74) is 0. The van der Waals surface area contributed by atoms with Crippen molar-refractivity contribution in [2.24, 2.45) is 5.92 Å². The van der Waals surface area contributed by atoms with Crippen molar-refractivity contribution in [3.8, 4) is 0 Å². The van der Waals surface area contributed by atoms with Crippen LogP contribution in [0.5, 0.6) is 0 Å². The number of hydrogen-bond acceptors (Lipinski definition) is 5. The number of rotatable bonds is 4. The molecule has 6 nitrogen and oxygen atoms in total. The number of carboxylic acids is 1. The van der Waals surface area contributed by atoms with Gasteiger partial charge < -0.3 is 14.7 Å². The van der Waals surface area contributed by atoms with Gasteiger partial charge in [-0.15, -0.1) is 11.3 Å². The first kappa shape index (κ1) is 15.5. The molecule has 7 heteroatoms. The van der Waals surface area contributed by atoms with Crippen molar-refractivity contribution in [1.29, 1.82) is 0 Å². The zero-order valence-corrected chi connectivity index (χ0v) is 13.1. The van der Waals surface area contributed by atoms with Gasteiger partial charge in [-0.05, 0) is 11.4 Å². The summed E-state index contributed by atoms with van der Waals surface area (Å²) >= 11 is 1.59. The normalized spacial score (nSPS) is 25.7. The highest BCUT2D eigenvalue weighted by Crippen LogP contribution is 2.21. The maximum atomic E-state index is 12.6. The highest BCUT2D eigenvalue weighted by molar-refractivity contribution is 7.10. The molecule has 2 bridgehead atoms. The predicted octanol–water partition coefficient (Wildman–Crippen LogP) is 0.534. The van der Waals surface area contributed by atoms with E-state index in [0.29, 0.717) is 39.3 Å². The number of carbonyl (C=O) groups is 2. The monoisotopic (exact) mass is 324 g/mol. The molecule has 2 aliphatic rings. The maximum Gasteiger partial charge on any atom is 0.317 e. The van der Waals surface area contributed by atoms with Gasteiger partial charge in [0.1, 0.15) is 0 Å². The molecule has 0 aromatic carbocycles. The summed E-state index contributed by atoms with van der Waals surface area (Å²) in [4.78, 5) is 28.5. The number of thiophene rings is 1. The van der Waals surface area contributed by atoms with Crippen LogP contribution in [0.3, 0.4) is 0 Å². The van der Waals surface area contributed by atoms with Crippen molar-refractivity contribution in [3.63, 3.8) is 0 Å². The Morgan fingerprint density at radius 2 is 2.18 bits per heavy atom. The Hall–Kier alpha value is -1.44. The van der Waals surface area contributed by atoms with Gasteiger partial charge in [-0.1, -0.05) is 6.07 Å². The van der Waals surface area contributed by atoms with Crippen LogP contribution in [0.25, 0.3) is 0 Å². The molecular weight excluding hydrogens is 304 g/mol. The van der Waals surface area contributed by atoms with Crippen molar-refractivity contribution in [3.05, 3.63) is 22.4 Å². The summed E-state index contributed by atoms with van der Waals surface area (Å²) in [6, 6.07) is 3.87. The Morgan fingerprint density at radius 1 is 1.32 bits per heavy atom. The number of hydrogen-bond donors (Lipinski definition) is 1. The van der Waals surface area contributed by atoms with E-state index in [-0.39, 0.29) is 24.4 Å². The summed E-state index contributed by atoms with van der Waals surface area (Å²) < 4.78 is 5.67. The molecule has 0 aliphatic carbocycles. The van der Waals surface area contributed by atoms with E-state index in [0.717, 1.165) is 4.88 Å². The molecule has 2 saturated heterocycles. The van der Waals surface area contributed by atoms with E-state index < -0.39 is 5.97 Å². The molecule has 0 saturated carbocycles. The zero-order chi connectivity index (χ0) is 15.5. The Morgan fingerprint density at radius 3 is 2.91 bits per heavy atom. The van der Waals surface area contributed by atoms with Crippen molar-refractivity contribution in [2.75, 3.05) is 39.4 Å². The van der Waals surface area contributed by atoms with Gasteiger partial charge in [-0.25, -0.2) is 0 Å². The van der Waals surface area contributed by atoms with E-state index in [1.807, 2.05) is 27.3 Å². The van der Waals surface area contributed by atoms with Crippen molar-refractivity contribution in [1.82, 2.24) is 9.80 Å². The van der Waals surface area contributed by atoms with E-state index in [1.165, 1.54) is 0 Å². The van der Waals surface area contributed by atoms with Crippen LogP contribution < -0.4 is 0 Å². The number of aliphatic carboxylic acids is 1. The molecule has 2 aliphatic heterocycles. The third-order valence-corrected chi connectivity index (χ3v) is 5.01. The van der Waals surface area contributed by atoms with Crippen molar-refractivity contribution < 1.29 is 19.4 Å². The third-order valence-electron chi connectivity index (χ3n) is 4.13. The minimum absolute atomic E-state index is 0.0277. The molecule has 22 heavy (non-hydrogen) atoms. The average Bonchev–Trinajstić information content (AvgIpc) is 2.77. The molecule has 2 atom stereocenters. The molecule has 0 unspecified atom stereocenters. The molecule has 1 aromatic rings. The minimum Gasteiger partial charge on any atom is -0.480 e. The molecule has 120 valence electrons. The zero-order valence-electron chi connectivity index (χ0n) is 12.3. The first-order valence-corrected chi connectivity index (χ1v) is 8.33. The highest BCUT2D eigenvalue weighted by atomic mass is 32.1. The molecule has 3 rings (SSSR count). The molecule has 0 radical (unpaired) electrons. The fourth-order valence-corrected chi connectivity index (χ4v) is 3.93. The lowest BCUT2D eigenvalue weighted by atomic mass is 10.1. The van der Waals surface area contributed by atoms with Gasteiger partial charge in [0.05, 0.1) is 32.2 Å². The van der Waals surface area contributed by atoms with E-state index >= 15 is 0 Å². The van der Waals surface area contributed by atoms with Crippen LogP contribution in [0.1, 0.15) is 4.88 Å². The van der Waals surface area contributed by atoms with Crippen LogP contribution in [-0.2, 0) is 20.7 Å². The Kier molecular flexibility index (Phi) is 4.75. The lowest BCUT2D eigenvalue weighted by Gasteiger charge is -2.30. The number of amides is 1. The molecule has 3 heterocycles. The standard InChI is InChI=1S/C15H20N2O4S/c18-14(4-13-2-1-3-22-13)17-6-11-5-16(8-15(19)20)7-12(17)10-21-9-11/h1-3,11-12H,4-10H2,(H,19,20)/t11-,12-/m0/s1. The van der Waals surface area contributed by atoms with Crippen LogP contribution in [0.4, 0.5) is 0 Å². The molecule has 1 aromatic heterocycles. The maximum absolute atomic E-state index is 12.6. The average molecular weight is 324 g/mol. The van der Waals surface area contributed by atoms with E-state index in [1.54, 1.807) is 11.3 Å². The van der Waals surface area contributed by atoms with E-state index in [4.69, 9.17) is 9.84 Å². The van der Waals surface area contributed by atoms with Gasteiger partial charge in [-0.3, -0.25) is 14.5 Å². The number of nitrogens with zero attached hydrogens (tertiary/aromatic N) is 2. The summed E-state index contributed by atoms with van der Waals surface area (Å²) in [5, 5.41) is 11.0. The smallest absolute Gasteiger partial charge is 0.317 e. The van der Waals surface area contributed by atoms with E-state index in [9.17, 15) is 9.59 Å². The van der Waals surface area contributed by atoms with Crippen LogP contribution in [0, 0.1) is 5.92 Å². The Balaban J connectivity index is 1.71. The number of fused-ring (bicyclic) bond motifs is 3. The van der Waals surface area contributed by atoms with Crippen LogP contribution in [0.2, 0.25) is 0 Å². The molecule has 2 fully saturated rings. The van der Waals surface area contributed by atoms with Gasteiger partial charge in [0.2, 0.25) is 5.91 Å². The van der Waals surface area contributed by atoms with Crippen molar-refractivity contribution in [2.45, 2.75) is 12.5 Å². The van der Waals surface area contributed by atoms with Gasteiger partial charge in [0.15, 0.2) is 0 Å². The first-order valence-electron chi connectivity index (χ1n) is 7.45. The summed E-state index contributed by atoms with van der Waals surface area (Å²) in [6.07, 6.45) is 0.416. The Bertz CT molecular complexity index is 534. The highest BCUT2D eigenvalue weighted by Gasteiger charge is 2.36. The minimum atomic E-state index is -0.822. The lowest BCUT2D eigenvalue weighted by Crippen LogP contribution is -2.47. The lowest BCUT2D eigenvalue weighted by molar-refractivity contribution is -0.138. The number of carboxylic acid groups (broad SMARTS) is 1. The number of ether oxygens (including phenoxy) is 1. The SMILES string of the molecule is O=C(O)CN1C[C@@H]2COC[C@H](C1)N(C(=O)Cc1cccs1)C2. The summed E-state index contributed by atoms with van der Waals surface area (Å²) in [5.74, 6) is -0.531. The van der Waals surface area contributed by atoms with Gasteiger partial charge in [0.25, 0.3) is 0 Å². The van der Waals surface area contributed by atoms with E-state index in [2.05, 4.69) is 0 Å². The predicted molar refractivity (Wildman–Crippen MR) is 81.9 cm³/mol.